The number of hydrogen-bond donors (Lipinski definition) is 2. The summed E-state index contributed by atoms with van der Waals surface area (Å²) in [6.07, 6.45) is 0. The van der Waals surface area contributed by atoms with Crippen LogP contribution in [0.2, 0.25) is 0 Å². The number of aliphatic imine (C=N–C) groups is 1. The van der Waals surface area contributed by atoms with E-state index >= 15 is 0 Å². The number of aryl methyl sites for hydroxylation is 1. The van der Waals surface area contributed by atoms with Gasteiger partial charge in [0, 0.05) is 18.7 Å². The maximum absolute atomic E-state index is 13.7. The summed E-state index contributed by atoms with van der Waals surface area (Å²) in [5.41, 5.74) is 2.31. The lowest BCUT2D eigenvalue weighted by molar-refractivity contribution is 0.411. The number of ether oxygens (including phenoxy) is 1. The normalized spacial score (nSPS) is 11.3. The zero-order valence-corrected chi connectivity index (χ0v) is 14.7. The van der Waals surface area contributed by atoms with Gasteiger partial charge in [0.2, 0.25) is 0 Å². The van der Waals surface area contributed by atoms with Crippen LogP contribution in [-0.4, -0.2) is 19.6 Å². The third-order valence-electron chi connectivity index (χ3n) is 3.69. The van der Waals surface area contributed by atoms with E-state index in [9.17, 15) is 8.78 Å². The molecule has 0 atom stereocenters. The van der Waals surface area contributed by atoms with Gasteiger partial charge in [-0.25, -0.2) is 13.8 Å². The quantitative estimate of drug-likeness (QED) is 0.621. The Morgan fingerprint density at radius 1 is 1.12 bits per heavy atom. The monoisotopic (exact) mass is 347 g/mol. The minimum Gasteiger partial charge on any atom is -0.496 e. The Kier molecular flexibility index (Phi) is 6.74. The first-order valence-corrected chi connectivity index (χ1v) is 8.13. The number of hydrogen-bond acceptors (Lipinski definition) is 2. The van der Waals surface area contributed by atoms with Gasteiger partial charge in [-0.3, -0.25) is 0 Å². The fourth-order valence-electron chi connectivity index (χ4n) is 2.33. The maximum atomic E-state index is 13.7. The Balaban J connectivity index is 2.06. The molecule has 0 fully saturated rings. The summed E-state index contributed by atoms with van der Waals surface area (Å²) in [7, 11) is 1.63. The van der Waals surface area contributed by atoms with Crippen LogP contribution in [0, 0.1) is 18.6 Å². The molecule has 0 amide bonds. The predicted molar refractivity (Wildman–Crippen MR) is 95.7 cm³/mol. The average Bonchev–Trinajstić information content (AvgIpc) is 2.61. The second-order valence-corrected chi connectivity index (χ2v) is 5.59. The molecule has 0 bridgehead atoms. The largest absolute Gasteiger partial charge is 0.496 e. The number of rotatable bonds is 6. The molecule has 134 valence electrons. The highest BCUT2D eigenvalue weighted by atomic mass is 19.1. The second kappa shape index (κ2) is 9.01. The minimum absolute atomic E-state index is 0.145. The molecule has 0 radical (unpaired) electrons. The van der Waals surface area contributed by atoms with Crippen LogP contribution in [0.1, 0.15) is 23.6 Å². The Bertz CT molecular complexity index is 747. The lowest BCUT2D eigenvalue weighted by Crippen LogP contribution is -2.37. The number of nitrogens with one attached hydrogen (secondary N) is 2. The summed E-state index contributed by atoms with van der Waals surface area (Å²) < 4.78 is 32.3. The van der Waals surface area contributed by atoms with Gasteiger partial charge in [0.05, 0.1) is 13.7 Å². The predicted octanol–water partition coefficient (Wildman–Crippen LogP) is 3.54. The van der Waals surface area contributed by atoms with Crippen molar-refractivity contribution < 1.29 is 13.5 Å². The molecule has 0 spiro atoms. The van der Waals surface area contributed by atoms with E-state index in [1.54, 1.807) is 7.11 Å². The molecule has 0 aliphatic carbocycles. The van der Waals surface area contributed by atoms with E-state index in [1.165, 1.54) is 6.07 Å². The van der Waals surface area contributed by atoms with E-state index in [-0.39, 0.29) is 12.1 Å². The smallest absolute Gasteiger partial charge is 0.191 e. The molecule has 0 saturated carbocycles. The summed E-state index contributed by atoms with van der Waals surface area (Å²) in [6, 6.07) is 9.30. The molecule has 6 heteroatoms. The lowest BCUT2D eigenvalue weighted by Gasteiger charge is -2.12. The van der Waals surface area contributed by atoms with Crippen molar-refractivity contribution in [3.63, 3.8) is 0 Å². The number of guanidine groups is 1. The number of benzene rings is 2. The van der Waals surface area contributed by atoms with E-state index < -0.39 is 11.6 Å². The van der Waals surface area contributed by atoms with Crippen LogP contribution in [0.4, 0.5) is 8.78 Å². The third kappa shape index (κ3) is 5.45. The molecule has 2 rings (SSSR count). The number of nitrogens with zero attached hydrogens (tertiary/aromatic N) is 1. The van der Waals surface area contributed by atoms with Crippen LogP contribution in [-0.2, 0) is 13.1 Å². The molecule has 0 aliphatic heterocycles. The molecule has 0 heterocycles. The van der Waals surface area contributed by atoms with Gasteiger partial charge in [0.25, 0.3) is 0 Å². The van der Waals surface area contributed by atoms with Gasteiger partial charge in [-0.2, -0.15) is 0 Å². The zero-order valence-electron chi connectivity index (χ0n) is 14.7. The standard InChI is InChI=1S/C19H23F2N3O/c1-4-22-19(24-12-15-10-16(20)7-8-17(15)21)23-11-14-6-5-13(2)18(9-14)25-3/h5-10H,4,11-12H2,1-3H3,(H2,22,23,24). The van der Waals surface area contributed by atoms with Crippen molar-refractivity contribution in [2.24, 2.45) is 4.99 Å². The van der Waals surface area contributed by atoms with E-state index in [1.807, 2.05) is 32.0 Å². The molecule has 2 aromatic carbocycles. The first-order valence-electron chi connectivity index (χ1n) is 8.13. The summed E-state index contributed by atoms with van der Waals surface area (Å²) >= 11 is 0. The topological polar surface area (TPSA) is 45.7 Å². The molecular formula is C19H23F2N3O. The molecule has 2 aromatic rings. The first kappa shape index (κ1) is 18.7. The van der Waals surface area contributed by atoms with Gasteiger partial charge in [0.1, 0.15) is 17.4 Å². The van der Waals surface area contributed by atoms with Crippen LogP contribution in [0.3, 0.4) is 0 Å². The Morgan fingerprint density at radius 2 is 1.92 bits per heavy atom. The van der Waals surface area contributed by atoms with Gasteiger partial charge in [-0.15, -0.1) is 0 Å². The number of methoxy groups -OCH3 is 1. The van der Waals surface area contributed by atoms with Crippen molar-refractivity contribution >= 4 is 5.96 Å². The van der Waals surface area contributed by atoms with Gasteiger partial charge in [-0.1, -0.05) is 12.1 Å². The van der Waals surface area contributed by atoms with E-state index in [4.69, 9.17) is 4.74 Å². The zero-order chi connectivity index (χ0) is 18.2. The summed E-state index contributed by atoms with van der Waals surface area (Å²) in [5.74, 6) is 0.429. The lowest BCUT2D eigenvalue weighted by atomic mass is 10.1. The second-order valence-electron chi connectivity index (χ2n) is 5.59. The Morgan fingerprint density at radius 3 is 2.64 bits per heavy atom. The van der Waals surface area contributed by atoms with Crippen molar-refractivity contribution in [3.8, 4) is 5.75 Å². The Labute approximate surface area is 146 Å². The van der Waals surface area contributed by atoms with E-state index in [0.717, 1.165) is 29.0 Å². The van der Waals surface area contributed by atoms with Crippen molar-refractivity contribution in [1.82, 2.24) is 10.6 Å². The van der Waals surface area contributed by atoms with Gasteiger partial charge in [-0.05, 0) is 49.2 Å². The highest BCUT2D eigenvalue weighted by Crippen LogP contribution is 2.19. The van der Waals surface area contributed by atoms with E-state index in [0.29, 0.717) is 19.0 Å². The summed E-state index contributed by atoms with van der Waals surface area (Å²) in [6.45, 7) is 5.17. The minimum atomic E-state index is -0.466. The van der Waals surface area contributed by atoms with Gasteiger partial charge < -0.3 is 15.4 Å². The molecular weight excluding hydrogens is 324 g/mol. The highest BCUT2D eigenvalue weighted by Gasteiger charge is 2.06. The molecule has 0 aromatic heterocycles. The maximum Gasteiger partial charge on any atom is 0.191 e. The fourth-order valence-corrected chi connectivity index (χ4v) is 2.33. The molecule has 2 N–H and O–H groups in total. The summed E-state index contributed by atoms with van der Waals surface area (Å²) in [5, 5.41) is 6.10. The SMILES string of the molecule is CCNC(=NCc1ccc(C)c(OC)c1)NCc1cc(F)ccc1F. The van der Waals surface area contributed by atoms with Crippen LogP contribution < -0.4 is 15.4 Å². The van der Waals surface area contributed by atoms with E-state index in [2.05, 4.69) is 15.6 Å². The molecule has 4 nitrogen and oxygen atoms in total. The number of halogens is 2. The van der Waals surface area contributed by atoms with Crippen LogP contribution >= 0.6 is 0 Å². The van der Waals surface area contributed by atoms with Crippen molar-refractivity contribution in [3.05, 3.63) is 64.7 Å². The van der Waals surface area contributed by atoms with Gasteiger partial charge >= 0.3 is 0 Å². The highest BCUT2D eigenvalue weighted by molar-refractivity contribution is 5.79. The van der Waals surface area contributed by atoms with Crippen molar-refractivity contribution in [2.75, 3.05) is 13.7 Å². The first-order chi connectivity index (χ1) is 12.0. The van der Waals surface area contributed by atoms with Crippen LogP contribution in [0.5, 0.6) is 5.75 Å². The van der Waals surface area contributed by atoms with Crippen LogP contribution in [0.25, 0.3) is 0 Å². The third-order valence-corrected chi connectivity index (χ3v) is 3.69. The molecule has 0 saturated heterocycles. The fraction of sp³-hybridized carbons (Fsp3) is 0.316. The summed E-state index contributed by atoms with van der Waals surface area (Å²) in [4.78, 5) is 4.48. The van der Waals surface area contributed by atoms with Crippen molar-refractivity contribution in [2.45, 2.75) is 26.9 Å². The molecule has 0 unspecified atom stereocenters. The van der Waals surface area contributed by atoms with Crippen LogP contribution in [0.15, 0.2) is 41.4 Å². The average molecular weight is 347 g/mol. The molecule has 25 heavy (non-hydrogen) atoms. The molecule has 0 aliphatic rings. The van der Waals surface area contributed by atoms with Gasteiger partial charge in [0.15, 0.2) is 5.96 Å². The Hall–Kier alpha value is -2.63. The van der Waals surface area contributed by atoms with Crippen molar-refractivity contribution in [1.29, 1.82) is 0 Å².